The number of amides is 4. The van der Waals surface area contributed by atoms with Crippen LogP contribution in [0.4, 0.5) is 25.0 Å². The third-order valence-electron chi connectivity index (χ3n) is 6.52. The van der Waals surface area contributed by atoms with Crippen LogP contribution in [0.2, 0.25) is 0 Å². The third kappa shape index (κ3) is 5.31. The smallest absolute Gasteiger partial charge is 0.331 e. The summed E-state index contributed by atoms with van der Waals surface area (Å²) in [6.45, 7) is -0.186. The Morgan fingerprint density at radius 1 is 0.927 bits per heavy atom. The van der Waals surface area contributed by atoms with E-state index in [1.54, 1.807) is 18.2 Å². The highest BCUT2D eigenvalue weighted by Crippen LogP contribution is 2.37. The van der Waals surface area contributed by atoms with Gasteiger partial charge in [-0.25, -0.2) is 18.5 Å². The maximum atomic E-state index is 15.1. The van der Waals surface area contributed by atoms with Gasteiger partial charge in [-0.2, -0.15) is 0 Å². The molecule has 3 aromatic carbocycles. The zero-order valence-corrected chi connectivity index (χ0v) is 22.2. The van der Waals surface area contributed by atoms with E-state index in [0.29, 0.717) is 28.2 Å². The Labute approximate surface area is 233 Å². The van der Waals surface area contributed by atoms with E-state index in [0.717, 1.165) is 23.1 Å². The Hall–Kier alpha value is -5.26. The van der Waals surface area contributed by atoms with Gasteiger partial charge in [-0.05, 0) is 48.5 Å². The molecule has 0 radical (unpaired) electrons. The number of anilines is 2. The number of hydrogen-bond acceptors (Lipinski definition) is 7. The number of methoxy groups -OCH3 is 2. The summed E-state index contributed by atoms with van der Waals surface area (Å²) in [5.74, 6) is -3.01. The lowest BCUT2D eigenvalue weighted by molar-refractivity contribution is -0.131. The van der Waals surface area contributed by atoms with E-state index in [4.69, 9.17) is 14.2 Å². The summed E-state index contributed by atoms with van der Waals surface area (Å²) >= 11 is 0. The van der Waals surface area contributed by atoms with Crippen molar-refractivity contribution < 1.29 is 37.4 Å². The zero-order valence-electron chi connectivity index (χ0n) is 22.2. The quantitative estimate of drug-likeness (QED) is 0.317. The molecular weight excluding hydrogens is 538 g/mol. The van der Waals surface area contributed by atoms with Crippen LogP contribution in [-0.2, 0) is 9.59 Å². The highest BCUT2D eigenvalue weighted by Gasteiger charge is 2.42. The average Bonchev–Trinajstić information content (AvgIpc) is 2.96. The predicted molar refractivity (Wildman–Crippen MR) is 145 cm³/mol. The molecule has 2 heterocycles. The standard InChI is InChI=1S/C29H24F2N4O6/c1-34-15-20(28(37)35(29(34)38)18-7-4-16(30)5-8-18)27(36)33-17-6-9-24(21(31)12-17)41-23-10-11-32-22-14-26(40-3)25(39-2)13-19(22)23/h4-14,20H,15H2,1-3H3,(H,33,36). The number of rotatable bonds is 7. The fourth-order valence-electron chi connectivity index (χ4n) is 4.42. The highest BCUT2D eigenvalue weighted by molar-refractivity contribution is 6.23. The van der Waals surface area contributed by atoms with Crippen molar-refractivity contribution in [2.75, 3.05) is 38.0 Å². The van der Waals surface area contributed by atoms with Gasteiger partial charge in [-0.1, -0.05) is 0 Å². The van der Waals surface area contributed by atoms with E-state index in [1.807, 2.05) is 0 Å². The number of nitrogens with zero attached hydrogens (tertiary/aromatic N) is 3. The molecule has 1 fully saturated rings. The maximum Gasteiger partial charge on any atom is 0.331 e. The molecule has 1 unspecified atom stereocenters. The topological polar surface area (TPSA) is 110 Å². The van der Waals surface area contributed by atoms with Crippen LogP contribution in [0.1, 0.15) is 0 Å². The molecule has 10 nitrogen and oxygen atoms in total. The van der Waals surface area contributed by atoms with Crippen LogP contribution in [0.15, 0.2) is 66.9 Å². The lowest BCUT2D eigenvalue weighted by Gasteiger charge is -2.35. The molecule has 41 heavy (non-hydrogen) atoms. The number of carbonyl (C=O) groups is 3. The summed E-state index contributed by atoms with van der Waals surface area (Å²) in [5, 5.41) is 3.08. The molecule has 1 aliphatic heterocycles. The van der Waals surface area contributed by atoms with Crippen molar-refractivity contribution in [1.82, 2.24) is 9.88 Å². The number of carbonyl (C=O) groups excluding carboxylic acids is 3. The number of pyridine rings is 1. The number of fused-ring (bicyclic) bond motifs is 1. The molecule has 210 valence electrons. The number of ether oxygens (including phenoxy) is 3. The first-order valence-electron chi connectivity index (χ1n) is 12.3. The van der Waals surface area contributed by atoms with Crippen molar-refractivity contribution in [3.8, 4) is 23.0 Å². The van der Waals surface area contributed by atoms with Gasteiger partial charge in [0.25, 0.3) is 0 Å². The molecule has 1 aliphatic rings. The van der Waals surface area contributed by atoms with Gasteiger partial charge in [0.05, 0.1) is 25.4 Å². The summed E-state index contributed by atoms with van der Waals surface area (Å²) in [6.07, 6.45) is 1.51. The van der Waals surface area contributed by atoms with E-state index in [2.05, 4.69) is 10.3 Å². The minimum atomic E-state index is -1.28. The second-order valence-electron chi connectivity index (χ2n) is 9.14. The van der Waals surface area contributed by atoms with Crippen LogP contribution in [0.5, 0.6) is 23.0 Å². The lowest BCUT2D eigenvalue weighted by atomic mass is 10.0. The van der Waals surface area contributed by atoms with Crippen LogP contribution in [0, 0.1) is 17.6 Å². The zero-order chi connectivity index (χ0) is 29.3. The second-order valence-corrected chi connectivity index (χ2v) is 9.14. The van der Waals surface area contributed by atoms with Crippen molar-refractivity contribution in [2.45, 2.75) is 0 Å². The summed E-state index contributed by atoms with van der Waals surface area (Å²) in [7, 11) is 4.43. The van der Waals surface area contributed by atoms with E-state index in [-0.39, 0.29) is 23.7 Å². The third-order valence-corrected chi connectivity index (χ3v) is 6.52. The molecule has 0 aliphatic carbocycles. The van der Waals surface area contributed by atoms with Crippen molar-refractivity contribution in [1.29, 1.82) is 0 Å². The normalized spacial score (nSPS) is 15.2. The van der Waals surface area contributed by atoms with E-state index < -0.39 is 35.4 Å². The monoisotopic (exact) mass is 562 g/mol. The predicted octanol–water partition coefficient (Wildman–Crippen LogP) is 4.98. The second kappa shape index (κ2) is 11.1. The fourth-order valence-corrected chi connectivity index (χ4v) is 4.42. The molecule has 4 amide bonds. The highest BCUT2D eigenvalue weighted by atomic mass is 19.1. The number of imide groups is 1. The fraction of sp³-hybridized carbons (Fsp3) is 0.172. The largest absolute Gasteiger partial charge is 0.493 e. The first-order chi connectivity index (χ1) is 19.7. The van der Waals surface area contributed by atoms with Crippen molar-refractivity contribution in [2.24, 2.45) is 5.92 Å². The van der Waals surface area contributed by atoms with E-state index >= 15 is 4.39 Å². The van der Waals surface area contributed by atoms with Crippen LogP contribution in [-0.4, -0.2) is 55.5 Å². The number of urea groups is 1. The molecule has 0 bridgehead atoms. The van der Waals surface area contributed by atoms with Gasteiger partial charge in [-0.3, -0.25) is 14.6 Å². The summed E-state index contributed by atoms with van der Waals surface area (Å²) in [4.78, 5) is 45.2. The number of aromatic nitrogens is 1. The van der Waals surface area contributed by atoms with Gasteiger partial charge >= 0.3 is 6.03 Å². The van der Waals surface area contributed by atoms with Gasteiger partial charge in [0.15, 0.2) is 23.1 Å². The summed E-state index contributed by atoms with van der Waals surface area (Å²) < 4.78 is 45.0. The summed E-state index contributed by atoms with van der Waals surface area (Å²) in [6, 6.07) is 12.8. The van der Waals surface area contributed by atoms with Crippen LogP contribution in [0.3, 0.4) is 0 Å². The molecule has 0 spiro atoms. The molecule has 5 rings (SSSR count). The van der Waals surface area contributed by atoms with E-state index in [9.17, 15) is 18.8 Å². The Bertz CT molecular complexity index is 1660. The first kappa shape index (κ1) is 27.3. The first-order valence-corrected chi connectivity index (χ1v) is 12.3. The minimum Gasteiger partial charge on any atom is -0.493 e. The van der Waals surface area contributed by atoms with Gasteiger partial charge in [-0.15, -0.1) is 0 Å². The Kier molecular flexibility index (Phi) is 7.38. The number of hydrogen-bond donors (Lipinski definition) is 1. The molecule has 1 aromatic heterocycles. The molecule has 4 aromatic rings. The Balaban J connectivity index is 1.35. The van der Waals surface area contributed by atoms with Crippen molar-refractivity contribution in [3.05, 3.63) is 78.5 Å². The van der Waals surface area contributed by atoms with Crippen molar-refractivity contribution >= 4 is 40.1 Å². The van der Waals surface area contributed by atoms with Gasteiger partial charge in [0.2, 0.25) is 11.8 Å². The van der Waals surface area contributed by atoms with Crippen LogP contribution < -0.4 is 24.4 Å². The van der Waals surface area contributed by atoms with Gasteiger partial charge in [0.1, 0.15) is 17.5 Å². The molecule has 1 N–H and O–H groups in total. The van der Waals surface area contributed by atoms with Gasteiger partial charge in [0, 0.05) is 43.0 Å². The van der Waals surface area contributed by atoms with E-state index in [1.165, 1.54) is 56.6 Å². The average molecular weight is 563 g/mol. The van der Waals surface area contributed by atoms with Crippen molar-refractivity contribution in [3.63, 3.8) is 0 Å². The van der Waals surface area contributed by atoms with Crippen LogP contribution in [0.25, 0.3) is 10.9 Å². The lowest BCUT2D eigenvalue weighted by Crippen LogP contribution is -2.58. The van der Waals surface area contributed by atoms with Gasteiger partial charge < -0.3 is 24.4 Å². The molecule has 1 saturated heterocycles. The number of halogens is 2. The SMILES string of the molecule is COc1cc2nccc(Oc3ccc(NC(=O)C4CN(C)C(=O)N(c5ccc(F)cc5)C4=O)cc3F)c2cc1OC. The minimum absolute atomic E-state index is 0.0755. The Morgan fingerprint density at radius 3 is 2.32 bits per heavy atom. The molecular formula is C29H24F2N4O6. The maximum absolute atomic E-state index is 15.1. The molecule has 0 saturated carbocycles. The molecule has 12 heteroatoms. The number of nitrogens with one attached hydrogen (secondary N) is 1. The van der Waals surface area contributed by atoms with Crippen LogP contribution >= 0.6 is 0 Å². The molecule has 1 atom stereocenters. The number of benzene rings is 3. The Morgan fingerprint density at radius 2 is 1.63 bits per heavy atom. The summed E-state index contributed by atoms with van der Waals surface area (Å²) in [5.41, 5.74) is 0.740.